The van der Waals surface area contributed by atoms with Crippen LogP contribution < -0.4 is 16.9 Å². The third-order valence-electron chi connectivity index (χ3n) is 1.11. The minimum absolute atomic E-state index is 0.301. The van der Waals surface area contributed by atoms with Gasteiger partial charge >= 0.3 is 0 Å². The minimum atomic E-state index is 0.301. The summed E-state index contributed by atoms with van der Waals surface area (Å²) >= 11 is 0. The topological polar surface area (TPSA) is 103 Å². The van der Waals surface area contributed by atoms with Crippen molar-refractivity contribution in [2.45, 2.75) is 0 Å². The van der Waals surface area contributed by atoms with Gasteiger partial charge in [-0.1, -0.05) is 0 Å². The Morgan fingerprint density at radius 1 is 1.30 bits per heavy atom. The van der Waals surface area contributed by atoms with Crippen LogP contribution in [0.15, 0.2) is 6.33 Å². The first-order valence-electron chi connectivity index (χ1n) is 2.66. The average molecular weight is 138 g/mol. The van der Waals surface area contributed by atoms with Crippen molar-refractivity contribution >= 4 is 17.9 Å². The maximum absolute atomic E-state index is 5.39. The number of hydrogen-bond acceptors (Lipinski definition) is 4. The van der Waals surface area contributed by atoms with E-state index in [9.17, 15) is 0 Å². The fourth-order valence-corrected chi connectivity index (χ4v) is 0.594. The Morgan fingerprint density at radius 2 is 1.80 bits per heavy atom. The van der Waals surface area contributed by atoms with Crippen molar-refractivity contribution in [3.05, 3.63) is 11.9 Å². The monoisotopic (exact) mass is 138 g/mol. The summed E-state index contributed by atoms with van der Waals surface area (Å²) in [7, 11) is 0. The van der Waals surface area contributed by atoms with Crippen LogP contribution in [-0.2, 0) is 0 Å². The van der Waals surface area contributed by atoms with E-state index < -0.39 is 0 Å². The molecule has 0 saturated heterocycles. The quantitative estimate of drug-likeness (QED) is 0.384. The number of nitrogens with zero attached hydrogens (tertiary/aromatic N) is 2. The van der Waals surface area contributed by atoms with Gasteiger partial charge in [0.05, 0.1) is 0 Å². The molecule has 1 heterocycles. The van der Waals surface area contributed by atoms with Gasteiger partial charge in [0.1, 0.15) is 23.5 Å². The van der Waals surface area contributed by atoms with Crippen LogP contribution in [0.3, 0.4) is 0 Å². The molecule has 0 aliphatic rings. The fourth-order valence-electron chi connectivity index (χ4n) is 0.594. The Hall–Kier alpha value is -1.65. The Morgan fingerprint density at radius 3 is 2.10 bits per heavy atom. The zero-order valence-electron chi connectivity index (χ0n) is 5.28. The van der Waals surface area contributed by atoms with E-state index in [1.807, 2.05) is 0 Å². The van der Waals surface area contributed by atoms with Gasteiger partial charge in [-0.15, -0.1) is 0 Å². The van der Waals surface area contributed by atoms with Gasteiger partial charge in [0, 0.05) is 0 Å². The number of aromatic nitrogens is 2. The molecular formula is C5H8N5+. The van der Waals surface area contributed by atoms with E-state index in [-0.39, 0.29) is 0 Å². The van der Waals surface area contributed by atoms with Crippen molar-refractivity contribution in [3.63, 3.8) is 0 Å². The molecule has 0 radical (unpaired) electrons. The fraction of sp³-hybridized carbons (Fsp3) is 0. The Bertz CT molecular complexity index is 236. The van der Waals surface area contributed by atoms with E-state index in [1.54, 1.807) is 0 Å². The summed E-state index contributed by atoms with van der Waals surface area (Å²) in [4.78, 5) is 7.37. The Kier molecular flexibility index (Phi) is 1.49. The van der Waals surface area contributed by atoms with E-state index in [4.69, 9.17) is 16.9 Å². The van der Waals surface area contributed by atoms with Gasteiger partial charge in [-0.2, -0.15) is 0 Å². The van der Waals surface area contributed by atoms with E-state index >= 15 is 0 Å². The van der Waals surface area contributed by atoms with E-state index in [1.165, 1.54) is 12.5 Å². The first kappa shape index (κ1) is 6.47. The lowest BCUT2D eigenvalue weighted by Crippen LogP contribution is -2.31. The van der Waals surface area contributed by atoms with Crippen LogP contribution in [0, 0.1) is 0 Å². The van der Waals surface area contributed by atoms with Crippen LogP contribution in [0.2, 0.25) is 0 Å². The lowest BCUT2D eigenvalue weighted by Gasteiger charge is -1.96. The van der Waals surface area contributed by atoms with Gasteiger partial charge in [-0.25, -0.2) is 9.97 Å². The molecule has 0 saturated carbocycles. The molecule has 0 unspecified atom stereocenters. The van der Waals surface area contributed by atoms with Crippen LogP contribution in [0.5, 0.6) is 0 Å². The minimum Gasteiger partial charge on any atom is -0.383 e. The molecule has 1 aromatic heterocycles. The molecule has 0 atom stereocenters. The van der Waals surface area contributed by atoms with Crippen molar-refractivity contribution in [1.29, 1.82) is 0 Å². The highest BCUT2D eigenvalue weighted by atomic mass is 15.0. The molecule has 0 aliphatic heterocycles. The van der Waals surface area contributed by atoms with Gasteiger partial charge in [0.25, 0.3) is 0 Å². The summed E-state index contributed by atoms with van der Waals surface area (Å²) in [6, 6.07) is 0. The van der Waals surface area contributed by atoms with Gasteiger partial charge in [0.2, 0.25) is 0 Å². The predicted molar refractivity (Wildman–Crippen MR) is 37.9 cm³/mol. The average Bonchev–Trinajstić information content (AvgIpc) is 1.88. The van der Waals surface area contributed by atoms with Crippen molar-refractivity contribution in [2.75, 3.05) is 11.5 Å². The lowest BCUT2D eigenvalue weighted by atomic mass is 10.3. The van der Waals surface area contributed by atoms with Gasteiger partial charge in [-0.05, 0) is 0 Å². The Balaban J connectivity index is 3.30. The second-order valence-corrected chi connectivity index (χ2v) is 1.72. The predicted octanol–water partition coefficient (Wildman–Crippen LogP) is -2.18. The molecule has 5 nitrogen and oxygen atoms in total. The lowest BCUT2D eigenvalue weighted by molar-refractivity contribution is -0.104. The summed E-state index contributed by atoms with van der Waals surface area (Å²) in [6.45, 7) is 0. The molecule has 0 fully saturated rings. The molecule has 1 rings (SSSR count). The second-order valence-electron chi connectivity index (χ2n) is 1.72. The molecule has 0 amide bonds. The molecule has 6 N–H and O–H groups in total. The first-order valence-corrected chi connectivity index (χ1v) is 2.66. The number of anilines is 2. The van der Waals surface area contributed by atoms with Crippen molar-refractivity contribution in [2.24, 2.45) is 0 Å². The SMILES string of the molecule is Nc1ncnc(N)c1C=[NH2+]. The molecule has 1 aromatic rings. The molecule has 5 heteroatoms. The molecule has 0 spiro atoms. The van der Waals surface area contributed by atoms with Gasteiger partial charge < -0.3 is 11.5 Å². The number of nitrogen functional groups attached to an aromatic ring is 2. The third kappa shape index (κ3) is 0.883. The van der Waals surface area contributed by atoms with Crippen molar-refractivity contribution < 1.29 is 5.41 Å². The van der Waals surface area contributed by atoms with Crippen molar-refractivity contribution in [3.8, 4) is 0 Å². The van der Waals surface area contributed by atoms with Crippen LogP contribution in [0.1, 0.15) is 5.56 Å². The highest BCUT2D eigenvalue weighted by molar-refractivity contribution is 5.87. The van der Waals surface area contributed by atoms with E-state index in [2.05, 4.69) is 9.97 Å². The number of rotatable bonds is 1. The zero-order chi connectivity index (χ0) is 7.56. The summed E-state index contributed by atoms with van der Waals surface area (Å²) in [6.07, 6.45) is 2.57. The maximum atomic E-state index is 5.39. The molecular weight excluding hydrogens is 130 g/mol. The molecule has 0 aromatic carbocycles. The van der Waals surface area contributed by atoms with Crippen LogP contribution >= 0.6 is 0 Å². The number of nitrogens with two attached hydrogens (primary N) is 3. The molecule has 52 valence electrons. The highest BCUT2D eigenvalue weighted by Gasteiger charge is 2.03. The molecule has 0 aliphatic carbocycles. The summed E-state index contributed by atoms with van der Waals surface area (Å²) in [5, 5.41) is 5.19. The van der Waals surface area contributed by atoms with E-state index in [0.717, 1.165) is 0 Å². The standard InChI is InChI=1S/C5H7N5/c6-1-3-4(7)9-2-10-5(3)8/h1-2,6H,(H4,7,8,9,10)/p+1. The molecule has 0 bridgehead atoms. The number of hydrogen-bond donors (Lipinski definition) is 3. The first-order chi connectivity index (χ1) is 4.75. The van der Waals surface area contributed by atoms with Crippen molar-refractivity contribution in [1.82, 2.24) is 9.97 Å². The van der Waals surface area contributed by atoms with Gasteiger partial charge in [-0.3, -0.25) is 5.41 Å². The largest absolute Gasteiger partial charge is 0.383 e. The van der Waals surface area contributed by atoms with Crippen LogP contribution in [-0.4, -0.2) is 16.2 Å². The summed E-state index contributed by atoms with van der Waals surface area (Å²) < 4.78 is 0. The zero-order valence-corrected chi connectivity index (χ0v) is 5.28. The van der Waals surface area contributed by atoms with Crippen LogP contribution in [0.4, 0.5) is 11.6 Å². The highest BCUT2D eigenvalue weighted by Crippen LogP contribution is 2.08. The molecule has 10 heavy (non-hydrogen) atoms. The van der Waals surface area contributed by atoms with Gasteiger partial charge in [0.15, 0.2) is 6.21 Å². The van der Waals surface area contributed by atoms with Crippen LogP contribution in [0.25, 0.3) is 0 Å². The summed E-state index contributed by atoms with van der Waals surface area (Å²) in [5.41, 5.74) is 11.3. The summed E-state index contributed by atoms with van der Waals surface area (Å²) in [5.74, 6) is 0.602. The smallest absolute Gasteiger partial charge is 0.174 e. The second kappa shape index (κ2) is 2.30. The van der Waals surface area contributed by atoms with E-state index in [0.29, 0.717) is 17.2 Å². The maximum Gasteiger partial charge on any atom is 0.174 e. The normalized spacial score (nSPS) is 9.20. The Labute approximate surface area is 57.6 Å². The third-order valence-corrected chi connectivity index (χ3v) is 1.11.